The topological polar surface area (TPSA) is 62.5 Å². The molecule has 0 saturated carbocycles. The Labute approximate surface area is 230 Å². The Morgan fingerprint density at radius 3 is 2.28 bits per heavy atom. The van der Waals surface area contributed by atoms with E-state index >= 15 is 0 Å². The Balaban J connectivity index is 1.52. The van der Waals surface area contributed by atoms with Crippen molar-refractivity contribution >= 4 is 40.6 Å². The summed E-state index contributed by atoms with van der Waals surface area (Å²) in [6, 6.07) is 10.6. The molecule has 0 spiro atoms. The van der Waals surface area contributed by atoms with Gasteiger partial charge in [0.05, 0.1) is 15.6 Å². The Kier molecular flexibility index (Phi) is 7.15. The molecular weight excluding hydrogens is 561 g/mol. The van der Waals surface area contributed by atoms with Gasteiger partial charge in [0, 0.05) is 43.6 Å². The first kappa shape index (κ1) is 27.1. The summed E-state index contributed by atoms with van der Waals surface area (Å²) in [7, 11) is 0. The van der Waals surface area contributed by atoms with Gasteiger partial charge in [0.15, 0.2) is 0 Å². The van der Waals surface area contributed by atoms with Gasteiger partial charge in [-0.25, -0.2) is 9.07 Å². The summed E-state index contributed by atoms with van der Waals surface area (Å²) in [5, 5.41) is 3.34. The summed E-state index contributed by atoms with van der Waals surface area (Å²) in [4.78, 5) is 30.3. The van der Waals surface area contributed by atoms with Crippen LogP contribution in [0.3, 0.4) is 0 Å². The molecule has 0 bridgehead atoms. The second-order valence-corrected chi connectivity index (χ2v) is 10.2. The van der Waals surface area contributed by atoms with Crippen molar-refractivity contribution in [1.29, 1.82) is 0 Å². The normalized spacial score (nSPS) is 17.8. The third kappa shape index (κ3) is 5.38. The van der Waals surface area contributed by atoms with E-state index < -0.39 is 24.3 Å². The Morgan fingerprint density at radius 1 is 1.00 bits per heavy atom. The molecule has 206 valence electrons. The van der Waals surface area contributed by atoms with E-state index in [0.29, 0.717) is 42.1 Å². The first-order valence-electron chi connectivity index (χ1n) is 12.0. The van der Waals surface area contributed by atoms with Crippen molar-refractivity contribution < 1.29 is 22.4 Å². The number of carbonyl (C=O) groups excluding carboxylic acids is 1. The van der Waals surface area contributed by atoms with Gasteiger partial charge in [-0.15, -0.1) is 0 Å². The number of aromatic nitrogens is 2. The summed E-state index contributed by atoms with van der Waals surface area (Å²) in [6.07, 6.45) is -4.68. The minimum atomic E-state index is -4.68. The molecule has 0 radical (unpaired) electrons. The van der Waals surface area contributed by atoms with Gasteiger partial charge in [0.2, 0.25) is 0 Å². The molecular formula is C26H23Cl2F4N5O2. The summed E-state index contributed by atoms with van der Waals surface area (Å²) >= 11 is 12.4. The summed E-state index contributed by atoms with van der Waals surface area (Å²) in [5.74, 6) is -0.614. The van der Waals surface area contributed by atoms with Crippen LogP contribution in [0.25, 0.3) is 0 Å². The van der Waals surface area contributed by atoms with E-state index in [0.717, 1.165) is 16.4 Å². The molecule has 1 fully saturated rings. The number of halogens is 6. The van der Waals surface area contributed by atoms with Crippen molar-refractivity contribution in [2.24, 2.45) is 0 Å². The highest BCUT2D eigenvalue weighted by Crippen LogP contribution is 2.39. The SMILES string of the molecule is CC1=C(C(=O)N2CCN(c3ccc(F)cc3)CC2)C(c2ccc(Cl)c(Cl)c2)n2c(cc(=O)n2CC(F)(F)F)N1. The smallest absolute Gasteiger partial charge is 0.368 e. The van der Waals surface area contributed by atoms with Crippen LogP contribution in [0.15, 0.2) is 64.6 Å². The van der Waals surface area contributed by atoms with E-state index in [1.54, 1.807) is 30.0 Å². The van der Waals surface area contributed by atoms with Gasteiger partial charge < -0.3 is 15.1 Å². The zero-order valence-electron chi connectivity index (χ0n) is 20.6. The number of rotatable bonds is 4. The number of anilines is 2. The molecule has 3 aromatic rings. The number of benzene rings is 2. The largest absolute Gasteiger partial charge is 0.408 e. The van der Waals surface area contributed by atoms with Gasteiger partial charge in [0.25, 0.3) is 11.5 Å². The molecule has 1 N–H and O–H groups in total. The lowest BCUT2D eigenvalue weighted by Gasteiger charge is -2.39. The Morgan fingerprint density at radius 2 is 1.67 bits per heavy atom. The lowest BCUT2D eigenvalue weighted by atomic mass is 9.94. The van der Waals surface area contributed by atoms with Crippen molar-refractivity contribution in [2.45, 2.75) is 25.7 Å². The Bertz CT molecular complexity index is 1510. The van der Waals surface area contributed by atoms with Gasteiger partial charge in [-0.05, 0) is 48.9 Å². The van der Waals surface area contributed by atoms with Gasteiger partial charge in [0.1, 0.15) is 24.2 Å². The molecule has 39 heavy (non-hydrogen) atoms. The highest BCUT2D eigenvalue weighted by atomic mass is 35.5. The fraction of sp³-hybridized carbons (Fsp3) is 0.308. The Hall–Kier alpha value is -3.44. The molecule has 5 rings (SSSR count). The predicted octanol–water partition coefficient (Wildman–Crippen LogP) is 5.30. The molecule has 3 heterocycles. The average Bonchev–Trinajstić information content (AvgIpc) is 3.17. The second-order valence-electron chi connectivity index (χ2n) is 9.38. The highest BCUT2D eigenvalue weighted by Gasteiger charge is 2.39. The maximum Gasteiger partial charge on any atom is 0.408 e. The van der Waals surface area contributed by atoms with Crippen LogP contribution in [0, 0.1) is 5.82 Å². The molecule has 1 aromatic heterocycles. The molecule has 0 aliphatic carbocycles. The number of amides is 1. The van der Waals surface area contributed by atoms with Gasteiger partial charge in [-0.3, -0.25) is 14.3 Å². The van der Waals surface area contributed by atoms with E-state index in [9.17, 15) is 27.2 Å². The molecule has 2 aliphatic heterocycles. The van der Waals surface area contributed by atoms with E-state index in [2.05, 4.69) is 5.32 Å². The van der Waals surface area contributed by atoms with E-state index in [1.165, 1.54) is 24.3 Å². The molecule has 1 amide bonds. The monoisotopic (exact) mass is 583 g/mol. The first-order valence-corrected chi connectivity index (χ1v) is 12.8. The van der Waals surface area contributed by atoms with Gasteiger partial charge in [-0.2, -0.15) is 13.2 Å². The third-order valence-corrected chi connectivity index (χ3v) is 7.58. The van der Waals surface area contributed by atoms with Crippen LogP contribution in [0.2, 0.25) is 10.0 Å². The fourth-order valence-electron chi connectivity index (χ4n) is 5.03. The van der Waals surface area contributed by atoms with Gasteiger partial charge >= 0.3 is 6.18 Å². The minimum absolute atomic E-state index is 0.121. The van der Waals surface area contributed by atoms with Crippen LogP contribution in [-0.4, -0.2) is 52.5 Å². The van der Waals surface area contributed by atoms with E-state index in [-0.39, 0.29) is 33.2 Å². The first-order chi connectivity index (χ1) is 18.4. The van der Waals surface area contributed by atoms with Crippen molar-refractivity contribution in [1.82, 2.24) is 14.3 Å². The van der Waals surface area contributed by atoms with Crippen molar-refractivity contribution in [3.63, 3.8) is 0 Å². The molecule has 2 aliphatic rings. The second kappa shape index (κ2) is 10.3. The number of carbonyl (C=O) groups is 1. The summed E-state index contributed by atoms with van der Waals surface area (Å²) in [6.45, 7) is 1.71. The fourth-order valence-corrected chi connectivity index (χ4v) is 5.34. The molecule has 1 saturated heterocycles. The van der Waals surface area contributed by atoms with Crippen LogP contribution in [-0.2, 0) is 11.3 Å². The predicted molar refractivity (Wildman–Crippen MR) is 141 cm³/mol. The van der Waals surface area contributed by atoms with E-state index in [1.807, 2.05) is 4.90 Å². The van der Waals surface area contributed by atoms with Crippen LogP contribution in [0.4, 0.5) is 29.1 Å². The average molecular weight is 584 g/mol. The molecule has 1 atom stereocenters. The van der Waals surface area contributed by atoms with Crippen LogP contribution < -0.4 is 15.8 Å². The van der Waals surface area contributed by atoms with Crippen LogP contribution >= 0.6 is 23.2 Å². The lowest BCUT2D eigenvalue weighted by molar-refractivity contribution is -0.145. The zero-order chi connectivity index (χ0) is 28.1. The van der Waals surface area contributed by atoms with Crippen molar-refractivity contribution in [3.8, 4) is 0 Å². The standard InChI is InChI=1S/C26H23Cl2F4N5O2/c1-15-23(25(39)35-10-8-34(9-11-35)18-5-3-17(29)4-6-18)24(16-2-7-19(27)20(28)12-16)37-21(33-15)13-22(38)36(37)14-26(30,31)32/h2-7,12-13,24,33H,8-11,14H2,1H3. The van der Waals surface area contributed by atoms with Gasteiger partial charge in [-0.1, -0.05) is 29.3 Å². The number of alkyl halides is 3. The number of piperazine rings is 1. The number of nitrogens with zero attached hydrogens (tertiary/aromatic N) is 4. The number of hydrogen-bond donors (Lipinski definition) is 1. The van der Waals surface area contributed by atoms with Crippen molar-refractivity contribution in [2.75, 3.05) is 36.4 Å². The van der Waals surface area contributed by atoms with E-state index in [4.69, 9.17) is 23.2 Å². The maximum absolute atomic E-state index is 14.0. The third-order valence-electron chi connectivity index (χ3n) is 6.84. The van der Waals surface area contributed by atoms with Crippen molar-refractivity contribution in [3.05, 3.63) is 91.6 Å². The number of hydrogen-bond acceptors (Lipinski definition) is 4. The summed E-state index contributed by atoms with van der Waals surface area (Å²) < 4.78 is 55.5. The number of allylic oxidation sites excluding steroid dienone is 1. The van der Waals surface area contributed by atoms with Crippen LogP contribution in [0.1, 0.15) is 18.5 Å². The molecule has 2 aromatic carbocycles. The zero-order valence-corrected chi connectivity index (χ0v) is 22.1. The molecule has 1 unspecified atom stereocenters. The van der Waals surface area contributed by atoms with Crippen LogP contribution in [0.5, 0.6) is 0 Å². The lowest BCUT2D eigenvalue weighted by Crippen LogP contribution is -2.50. The number of nitrogens with one attached hydrogen (secondary N) is 1. The quantitative estimate of drug-likeness (QED) is 0.424. The number of fused-ring (bicyclic) bond motifs is 1. The molecule has 13 heteroatoms. The molecule has 7 nitrogen and oxygen atoms in total. The minimum Gasteiger partial charge on any atom is -0.368 e. The summed E-state index contributed by atoms with van der Waals surface area (Å²) in [5.41, 5.74) is 0.935. The highest BCUT2D eigenvalue weighted by molar-refractivity contribution is 6.42. The maximum atomic E-state index is 14.0.